The number of aryl methyl sites for hydroxylation is 2. The molecule has 1 fully saturated rings. The van der Waals surface area contributed by atoms with E-state index in [1.807, 2.05) is 24.3 Å². The maximum absolute atomic E-state index is 13.9. The van der Waals surface area contributed by atoms with Gasteiger partial charge in [0.15, 0.2) is 0 Å². The van der Waals surface area contributed by atoms with E-state index in [9.17, 15) is 9.18 Å². The highest BCUT2D eigenvalue weighted by Gasteiger charge is 2.16. The van der Waals surface area contributed by atoms with Crippen molar-refractivity contribution in [3.05, 3.63) is 93.9 Å². The largest absolute Gasteiger partial charge is 0.357 e. The Bertz CT molecular complexity index is 1130. The second-order valence-corrected chi connectivity index (χ2v) is 8.65. The second kappa shape index (κ2) is 11.7. The van der Waals surface area contributed by atoms with Gasteiger partial charge in [0.2, 0.25) is 0 Å². The number of likely N-dealkylation sites (tertiary alicyclic amines) is 1. The molecule has 3 aromatic rings. The first-order chi connectivity index (χ1) is 16.0. The molecule has 1 aliphatic rings. The Kier molecular flexibility index (Phi) is 8.77. The van der Waals surface area contributed by atoms with E-state index in [2.05, 4.69) is 15.2 Å². The topological polar surface area (TPSA) is 69.1 Å². The maximum atomic E-state index is 13.9. The van der Waals surface area contributed by atoms with Crippen molar-refractivity contribution in [1.29, 1.82) is 5.41 Å². The average Bonchev–Trinajstić information content (AvgIpc) is 2.85. The van der Waals surface area contributed by atoms with Crippen LogP contribution in [-0.2, 0) is 12.8 Å². The predicted molar refractivity (Wildman–Crippen MR) is 136 cm³/mol. The van der Waals surface area contributed by atoms with Crippen LogP contribution < -0.4 is 5.32 Å². The summed E-state index contributed by atoms with van der Waals surface area (Å²) in [4.78, 5) is 19.0. The molecule has 178 valence electrons. The van der Waals surface area contributed by atoms with E-state index in [-0.39, 0.29) is 13.0 Å². The Balaban J connectivity index is 0.00000324. The van der Waals surface area contributed by atoms with Gasteiger partial charge in [0.05, 0.1) is 5.02 Å². The number of amidine groups is 1. The highest BCUT2D eigenvalue weighted by Crippen LogP contribution is 2.19. The van der Waals surface area contributed by atoms with Gasteiger partial charge in [0.25, 0.3) is 5.91 Å². The van der Waals surface area contributed by atoms with E-state index in [1.54, 1.807) is 18.2 Å². The third-order valence-electron chi connectivity index (χ3n) is 5.87. The smallest absolute Gasteiger partial charge is 0.257 e. The summed E-state index contributed by atoms with van der Waals surface area (Å²) in [5, 5.41) is 11.6. The number of carbonyl (C=O) groups is 1. The van der Waals surface area contributed by atoms with Gasteiger partial charge in [0.1, 0.15) is 17.5 Å². The highest BCUT2D eigenvalue weighted by molar-refractivity contribution is 6.30. The van der Waals surface area contributed by atoms with Crippen LogP contribution in [0.4, 0.5) is 10.2 Å². The Morgan fingerprint density at radius 1 is 1.03 bits per heavy atom. The standard InChI is InChI=1S/C26H26ClFN4O.CH4/c27-21-11-13-24(30-17-21)31-26(33)23-16-22(28)12-10-19(23)7-4-18-5-8-20(9-6-18)25(29)32-14-2-1-3-15-32;/h5-6,8-13,16-17,29H,1-4,7,14-15H2,(H,30,31,33);1H4. The van der Waals surface area contributed by atoms with Crippen LogP contribution in [0.15, 0.2) is 60.8 Å². The number of pyridine rings is 1. The minimum absolute atomic E-state index is 0. The summed E-state index contributed by atoms with van der Waals surface area (Å²) >= 11 is 5.84. The van der Waals surface area contributed by atoms with Crippen LogP contribution in [-0.4, -0.2) is 34.7 Å². The number of carbonyl (C=O) groups excluding carboxylic acids is 1. The molecule has 0 unspecified atom stereocenters. The number of amides is 1. The van der Waals surface area contributed by atoms with E-state index in [1.165, 1.54) is 24.8 Å². The van der Waals surface area contributed by atoms with E-state index in [0.29, 0.717) is 29.5 Å². The molecule has 0 aliphatic carbocycles. The lowest BCUT2D eigenvalue weighted by atomic mass is 9.98. The number of rotatable bonds is 6. The Morgan fingerprint density at radius 2 is 1.76 bits per heavy atom. The number of hydrogen-bond donors (Lipinski definition) is 2. The van der Waals surface area contributed by atoms with Crippen LogP contribution in [0.25, 0.3) is 0 Å². The molecule has 1 amide bonds. The number of piperidine rings is 1. The molecule has 0 saturated carbocycles. The number of benzene rings is 2. The number of hydrogen-bond acceptors (Lipinski definition) is 3. The number of halogens is 2. The van der Waals surface area contributed by atoms with Crippen LogP contribution in [0.3, 0.4) is 0 Å². The van der Waals surface area contributed by atoms with Crippen LogP contribution in [0.2, 0.25) is 5.02 Å². The summed E-state index contributed by atoms with van der Waals surface area (Å²) in [5.41, 5.74) is 3.06. The van der Waals surface area contributed by atoms with Crippen molar-refractivity contribution in [2.75, 3.05) is 18.4 Å². The molecule has 34 heavy (non-hydrogen) atoms. The molecule has 0 spiro atoms. The van der Waals surface area contributed by atoms with Crippen LogP contribution >= 0.6 is 11.6 Å². The molecule has 0 bridgehead atoms. The van der Waals surface area contributed by atoms with Crippen LogP contribution in [0.5, 0.6) is 0 Å². The Hall–Kier alpha value is -3.25. The molecule has 0 radical (unpaired) electrons. The molecular weight excluding hydrogens is 451 g/mol. The third kappa shape index (κ3) is 6.41. The van der Waals surface area contributed by atoms with Gasteiger partial charge in [-0.2, -0.15) is 0 Å². The Labute approximate surface area is 205 Å². The molecule has 2 aromatic carbocycles. The number of anilines is 1. The summed E-state index contributed by atoms with van der Waals surface area (Å²) in [7, 11) is 0. The fourth-order valence-electron chi connectivity index (χ4n) is 4.02. The van der Waals surface area contributed by atoms with Crippen molar-refractivity contribution in [1.82, 2.24) is 9.88 Å². The summed E-state index contributed by atoms with van der Waals surface area (Å²) in [5.74, 6) is 0.0547. The second-order valence-electron chi connectivity index (χ2n) is 8.21. The van der Waals surface area contributed by atoms with Gasteiger partial charge in [-0.1, -0.05) is 49.4 Å². The maximum Gasteiger partial charge on any atom is 0.257 e. The van der Waals surface area contributed by atoms with Crippen LogP contribution in [0.1, 0.15) is 53.7 Å². The van der Waals surface area contributed by atoms with Crippen LogP contribution in [0, 0.1) is 11.2 Å². The van der Waals surface area contributed by atoms with E-state index >= 15 is 0 Å². The van der Waals surface area contributed by atoms with Gasteiger partial charge in [-0.15, -0.1) is 0 Å². The SMILES string of the molecule is C.N=C(c1ccc(CCc2ccc(F)cc2C(=O)Nc2ccc(Cl)cn2)cc1)N1CCCCC1. The number of aromatic nitrogens is 1. The van der Waals surface area contributed by atoms with E-state index < -0.39 is 11.7 Å². The summed E-state index contributed by atoms with van der Waals surface area (Å²) in [6.07, 6.45) is 6.24. The fraction of sp³-hybridized carbons (Fsp3) is 0.296. The molecule has 1 saturated heterocycles. The van der Waals surface area contributed by atoms with Crippen molar-refractivity contribution in [2.45, 2.75) is 39.5 Å². The van der Waals surface area contributed by atoms with Crippen molar-refractivity contribution < 1.29 is 9.18 Å². The minimum atomic E-state index is -0.464. The molecule has 0 atom stereocenters. The Morgan fingerprint density at radius 3 is 2.44 bits per heavy atom. The summed E-state index contributed by atoms with van der Waals surface area (Å²) in [6, 6.07) is 15.5. The zero-order chi connectivity index (χ0) is 23.2. The first-order valence-electron chi connectivity index (χ1n) is 11.1. The van der Waals surface area contributed by atoms with Gasteiger partial charge >= 0.3 is 0 Å². The molecule has 2 N–H and O–H groups in total. The van der Waals surface area contributed by atoms with E-state index in [0.717, 1.165) is 42.6 Å². The predicted octanol–water partition coefficient (Wildman–Crippen LogP) is 6.36. The highest BCUT2D eigenvalue weighted by atomic mass is 35.5. The first kappa shape index (κ1) is 25.4. The lowest BCUT2D eigenvalue weighted by Gasteiger charge is -2.29. The van der Waals surface area contributed by atoms with Gasteiger partial charge in [-0.05, 0) is 67.5 Å². The molecular formula is C27H30ClFN4O. The zero-order valence-electron chi connectivity index (χ0n) is 18.3. The van der Waals surface area contributed by atoms with Gasteiger partial charge in [-0.25, -0.2) is 9.37 Å². The molecule has 5 nitrogen and oxygen atoms in total. The van der Waals surface area contributed by atoms with Gasteiger partial charge in [0, 0.05) is 30.4 Å². The molecule has 2 heterocycles. The molecule has 4 rings (SSSR count). The zero-order valence-corrected chi connectivity index (χ0v) is 19.0. The summed E-state index contributed by atoms with van der Waals surface area (Å²) < 4.78 is 13.9. The number of nitrogens with one attached hydrogen (secondary N) is 2. The third-order valence-corrected chi connectivity index (χ3v) is 6.09. The molecule has 7 heteroatoms. The van der Waals surface area contributed by atoms with Crippen molar-refractivity contribution in [3.8, 4) is 0 Å². The monoisotopic (exact) mass is 480 g/mol. The minimum Gasteiger partial charge on any atom is -0.357 e. The molecule has 1 aliphatic heterocycles. The molecule has 1 aromatic heterocycles. The quantitative estimate of drug-likeness (QED) is 0.318. The lowest BCUT2D eigenvalue weighted by Crippen LogP contribution is -2.35. The van der Waals surface area contributed by atoms with Gasteiger partial charge in [-0.3, -0.25) is 10.2 Å². The number of nitrogens with zero attached hydrogens (tertiary/aromatic N) is 2. The van der Waals surface area contributed by atoms with Crippen molar-refractivity contribution in [3.63, 3.8) is 0 Å². The summed E-state index contributed by atoms with van der Waals surface area (Å²) in [6.45, 7) is 1.89. The normalized spacial score (nSPS) is 13.2. The first-order valence-corrected chi connectivity index (χ1v) is 11.5. The fourth-order valence-corrected chi connectivity index (χ4v) is 4.13. The average molecular weight is 481 g/mol. The van der Waals surface area contributed by atoms with Crippen molar-refractivity contribution in [2.24, 2.45) is 0 Å². The lowest BCUT2D eigenvalue weighted by molar-refractivity contribution is 0.102. The van der Waals surface area contributed by atoms with E-state index in [4.69, 9.17) is 17.0 Å². The van der Waals surface area contributed by atoms with Gasteiger partial charge < -0.3 is 10.2 Å². The van der Waals surface area contributed by atoms with Crippen molar-refractivity contribution >= 4 is 29.2 Å².